The Morgan fingerprint density at radius 1 is 1.19 bits per heavy atom. The Labute approximate surface area is 101 Å². The molecule has 0 rings (SSSR count). The van der Waals surface area contributed by atoms with Crippen molar-refractivity contribution < 1.29 is 8.42 Å². The summed E-state index contributed by atoms with van der Waals surface area (Å²) in [6.07, 6.45) is 1.73. The zero-order valence-electron chi connectivity index (χ0n) is 11.5. The molecule has 0 saturated carbocycles. The molecule has 4 heteroatoms. The van der Waals surface area contributed by atoms with Crippen LogP contribution in [0.1, 0.15) is 47.5 Å². The van der Waals surface area contributed by atoms with Crippen LogP contribution in [0.5, 0.6) is 0 Å². The highest BCUT2D eigenvalue weighted by Crippen LogP contribution is 2.27. The summed E-state index contributed by atoms with van der Waals surface area (Å²) in [6.45, 7) is 9.89. The van der Waals surface area contributed by atoms with E-state index < -0.39 is 9.84 Å². The average Bonchev–Trinajstić information content (AvgIpc) is 2.14. The minimum Gasteiger partial charge on any atom is -0.317 e. The molecule has 1 unspecified atom stereocenters. The smallest absolute Gasteiger partial charge is 0.152 e. The maximum atomic E-state index is 11.7. The van der Waals surface area contributed by atoms with Gasteiger partial charge in [-0.15, -0.1) is 0 Å². The molecule has 0 aromatic rings. The fraction of sp³-hybridized carbons (Fsp3) is 1.00. The van der Waals surface area contributed by atoms with E-state index in [1.165, 1.54) is 0 Å². The van der Waals surface area contributed by atoms with Crippen LogP contribution in [-0.2, 0) is 9.84 Å². The summed E-state index contributed by atoms with van der Waals surface area (Å²) >= 11 is 0. The SMILES string of the molecule is CNC(C)CC(C)(C)CCS(=O)(=O)C(C)C. The summed E-state index contributed by atoms with van der Waals surface area (Å²) in [5.41, 5.74) is 0.0738. The highest BCUT2D eigenvalue weighted by Gasteiger charge is 2.25. The van der Waals surface area contributed by atoms with Gasteiger partial charge in [0.15, 0.2) is 9.84 Å². The molecule has 0 spiro atoms. The van der Waals surface area contributed by atoms with Gasteiger partial charge in [-0.25, -0.2) is 8.42 Å². The van der Waals surface area contributed by atoms with E-state index in [-0.39, 0.29) is 10.7 Å². The van der Waals surface area contributed by atoms with E-state index in [1.807, 2.05) is 7.05 Å². The molecule has 16 heavy (non-hydrogen) atoms. The van der Waals surface area contributed by atoms with Crippen molar-refractivity contribution in [1.82, 2.24) is 5.32 Å². The van der Waals surface area contributed by atoms with Gasteiger partial charge in [0.05, 0.1) is 11.0 Å². The normalized spacial score (nSPS) is 15.4. The Bertz CT molecular complexity index is 294. The molecule has 0 aliphatic heterocycles. The van der Waals surface area contributed by atoms with E-state index in [1.54, 1.807) is 13.8 Å². The predicted octanol–water partition coefficient (Wildman–Crippen LogP) is 2.22. The number of hydrogen-bond acceptors (Lipinski definition) is 3. The molecule has 0 aromatic heterocycles. The highest BCUT2D eigenvalue weighted by atomic mass is 32.2. The molecule has 1 N–H and O–H groups in total. The van der Waals surface area contributed by atoms with Crippen LogP contribution < -0.4 is 5.32 Å². The first kappa shape index (κ1) is 15.9. The van der Waals surface area contributed by atoms with Gasteiger partial charge >= 0.3 is 0 Å². The largest absolute Gasteiger partial charge is 0.317 e. The van der Waals surface area contributed by atoms with Crippen LogP contribution in [0.3, 0.4) is 0 Å². The summed E-state index contributed by atoms with van der Waals surface area (Å²) in [5.74, 6) is 0.300. The van der Waals surface area contributed by atoms with Crippen molar-refractivity contribution >= 4 is 9.84 Å². The maximum Gasteiger partial charge on any atom is 0.152 e. The molecule has 98 valence electrons. The van der Waals surface area contributed by atoms with Crippen LogP contribution >= 0.6 is 0 Å². The first-order valence-corrected chi connectivity index (χ1v) is 7.71. The van der Waals surface area contributed by atoms with E-state index in [9.17, 15) is 8.42 Å². The first-order valence-electron chi connectivity index (χ1n) is 5.99. The second-order valence-electron chi connectivity index (χ2n) is 5.72. The van der Waals surface area contributed by atoms with Crippen molar-refractivity contribution in [3.63, 3.8) is 0 Å². The van der Waals surface area contributed by atoms with Gasteiger partial charge in [0.2, 0.25) is 0 Å². The summed E-state index contributed by atoms with van der Waals surface area (Å²) in [7, 11) is -0.958. The van der Waals surface area contributed by atoms with E-state index in [4.69, 9.17) is 0 Å². The van der Waals surface area contributed by atoms with Crippen molar-refractivity contribution in [3.8, 4) is 0 Å². The molecule has 0 aliphatic carbocycles. The summed E-state index contributed by atoms with van der Waals surface area (Å²) in [5, 5.41) is 2.93. The Morgan fingerprint density at radius 2 is 1.69 bits per heavy atom. The Hall–Kier alpha value is -0.0900. The third-order valence-corrected chi connectivity index (χ3v) is 5.34. The Morgan fingerprint density at radius 3 is 2.06 bits per heavy atom. The van der Waals surface area contributed by atoms with Crippen LogP contribution in [0.4, 0.5) is 0 Å². The average molecular weight is 249 g/mol. The molecule has 0 radical (unpaired) electrons. The lowest BCUT2D eigenvalue weighted by molar-refractivity contribution is 0.285. The second kappa shape index (κ2) is 6.01. The summed E-state index contributed by atoms with van der Waals surface area (Å²) in [4.78, 5) is 0. The van der Waals surface area contributed by atoms with Gasteiger partial charge in [-0.1, -0.05) is 13.8 Å². The van der Waals surface area contributed by atoms with Gasteiger partial charge < -0.3 is 5.32 Å². The van der Waals surface area contributed by atoms with Gasteiger partial charge in [-0.2, -0.15) is 0 Å². The minimum atomic E-state index is -2.89. The quantitative estimate of drug-likeness (QED) is 0.752. The van der Waals surface area contributed by atoms with Crippen molar-refractivity contribution in [2.45, 2.75) is 58.8 Å². The zero-order valence-corrected chi connectivity index (χ0v) is 12.3. The Kier molecular flexibility index (Phi) is 5.98. The first-order chi connectivity index (χ1) is 7.10. The standard InChI is InChI=1S/C12H27NO2S/c1-10(2)16(14,15)8-7-12(4,5)9-11(3)13-6/h10-11,13H,7-9H2,1-6H3. The number of hydrogen-bond donors (Lipinski definition) is 1. The molecular formula is C12H27NO2S. The van der Waals surface area contributed by atoms with E-state index in [0.29, 0.717) is 11.8 Å². The lowest BCUT2D eigenvalue weighted by Gasteiger charge is -2.28. The Balaban J connectivity index is 4.29. The van der Waals surface area contributed by atoms with Crippen LogP contribution in [-0.4, -0.2) is 32.5 Å². The molecule has 0 aromatic carbocycles. The van der Waals surface area contributed by atoms with E-state index in [2.05, 4.69) is 26.1 Å². The fourth-order valence-corrected chi connectivity index (χ4v) is 3.00. The van der Waals surface area contributed by atoms with Crippen LogP contribution in [0.25, 0.3) is 0 Å². The monoisotopic (exact) mass is 249 g/mol. The lowest BCUT2D eigenvalue weighted by atomic mass is 9.84. The van der Waals surface area contributed by atoms with Crippen molar-refractivity contribution in [2.24, 2.45) is 5.41 Å². The fourth-order valence-electron chi connectivity index (χ4n) is 1.69. The van der Waals surface area contributed by atoms with Crippen molar-refractivity contribution in [1.29, 1.82) is 0 Å². The van der Waals surface area contributed by atoms with Gasteiger partial charge in [0.25, 0.3) is 0 Å². The van der Waals surface area contributed by atoms with Gasteiger partial charge in [-0.3, -0.25) is 0 Å². The predicted molar refractivity (Wildman–Crippen MR) is 70.5 cm³/mol. The maximum absolute atomic E-state index is 11.7. The van der Waals surface area contributed by atoms with E-state index in [0.717, 1.165) is 12.8 Å². The van der Waals surface area contributed by atoms with Gasteiger partial charge in [-0.05, 0) is 46.1 Å². The molecule has 0 saturated heterocycles. The topological polar surface area (TPSA) is 46.2 Å². The van der Waals surface area contributed by atoms with Crippen molar-refractivity contribution in [2.75, 3.05) is 12.8 Å². The van der Waals surface area contributed by atoms with Gasteiger partial charge in [0, 0.05) is 6.04 Å². The highest BCUT2D eigenvalue weighted by molar-refractivity contribution is 7.91. The molecular weight excluding hydrogens is 222 g/mol. The number of nitrogens with one attached hydrogen (secondary N) is 1. The molecule has 3 nitrogen and oxygen atoms in total. The zero-order chi connectivity index (χ0) is 13.0. The van der Waals surface area contributed by atoms with Crippen LogP contribution in [0.15, 0.2) is 0 Å². The van der Waals surface area contributed by atoms with Gasteiger partial charge in [0.1, 0.15) is 0 Å². The van der Waals surface area contributed by atoms with E-state index >= 15 is 0 Å². The molecule has 0 fully saturated rings. The summed E-state index contributed by atoms with van der Waals surface area (Å²) in [6, 6.07) is 0.428. The molecule has 0 aliphatic rings. The second-order valence-corrected chi connectivity index (χ2v) is 8.40. The molecule has 0 heterocycles. The molecule has 1 atom stereocenters. The van der Waals surface area contributed by atoms with Crippen LogP contribution in [0.2, 0.25) is 0 Å². The minimum absolute atomic E-state index is 0.0738. The molecule has 0 amide bonds. The summed E-state index contributed by atoms with van der Waals surface area (Å²) < 4.78 is 23.4. The lowest BCUT2D eigenvalue weighted by Crippen LogP contribution is -2.30. The third-order valence-electron chi connectivity index (χ3n) is 3.13. The number of rotatable bonds is 7. The van der Waals surface area contributed by atoms with Crippen LogP contribution in [0, 0.1) is 5.41 Å². The molecule has 0 bridgehead atoms. The third kappa shape index (κ3) is 5.85. The number of sulfone groups is 1. The van der Waals surface area contributed by atoms with Crippen molar-refractivity contribution in [3.05, 3.63) is 0 Å².